The normalized spacial score (nSPS) is 11.5. The van der Waals surface area contributed by atoms with E-state index in [1.54, 1.807) is 18.2 Å². The van der Waals surface area contributed by atoms with E-state index >= 15 is 0 Å². The molecule has 0 aliphatic rings. The molecule has 9 heteroatoms. The Morgan fingerprint density at radius 1 is 1.00 bits per heavy atom. The molecule has 0 radical (unpaired) electrons. The maximum Gasteiger partial charge on any atom is 0.288 e. The van der Waals surface area contributed by atoms with Gasteiger partial charge < -0.3 is 15.1 Å². The van der Waals surface area contributed by atoms with Crippen molar-refractivity contribution in [1.82, 2.24) is 15.7 Å². The van der Waals surface area contributed by atoms with Gasteiger partial charge in [-0.05, 0) is 42.7 Å². The first-order valence-corrected chi connectivity index (χ1v) is 14.0. The van der Waals surface area contributed by atoms with Crippen LogP contribution in [0.2, 0.25) is 0 Å². The number of rotatable bonds is 17. The molecule has 2 aromatic carbocycles. The molecule has 1 heterocycles. The number of carbonyl (C=O) groups excluding carboxylic acids is 4. The number of hydrogen-bond donors (Lipinski definition) is 2. The number of furan rings is 1. The maximum absolute atomic E-state index is 13.0. The van der Waals surface area contributed by atoms with Gasteiger partial charge in [-0.3, -0.25) is 24.0 Å². The lowest BCUT2D eigenvalue weighted by molar-refractivity contribution is -0.182. The van der Waals surface area contributed by atoms with E-state index in [2.05, 4.69) is 17.6 Å². The van der Waals surface area contributed by atoms with Gasteiger partial charge in [0.1, 0.15) is 12.4 Å². The molecule has 3 rings (SSSR count). The Bertz CT molecular complexity index is 1300. The van der Waals surface area contributed by atoms with Gasteiger partial charge in [0, 0.05) is 17.5 Å². The van der Waals surface area contributed by atoms with Crippen LogP contribution in [-0.2, 0) is 21.0 Å². The van der Waals surface area contributed by atoms with E-state index < -0.39 is 11.8 Å². The smallest absolute Gasteiger partial charge is 0.288 e. The molecule has 2 N–H and O–H groups in total. The minimum Gasteiger partial charge on any atom is -0.451 e. The van der Waals surface area contributed by atoms with Crippen LogP contribution in [0.3, 0.4) is 0 Å². The van der Waals surface area contributed by atoms with Crippen LogP contribution in [-0.4, -0.2) is 42.3 Å². The molecule has 0 aliphatic carbocycles. The first-order valence-electron chi connectivity index (χ1n) is 14.0. The predicted octanol–water partition coefficient (Wildman–Crippen LogP) is 5.44. The molecule has 0 unspecified atom stereocenters. The SMILES string of the molecule is CCCCC[C@H](CN(C=O)OCc1ccccc1)C(=O)NCNC(=O)c1ccc(-c2ccc(C)c(C(=O)CC)c2)o1. The van der Waals surface area contributed by atoms with E-state index in [0.717, 1.165) is 35.5 Å². The highest BCUT2D eigenvalue weighted by Gasteiger charge is 2.22. The minimum atomic E-state index is -0.504. The molecule has 218 valence electrons. The molecular formula is C32H39N3O6. The fourth-order valence-corrected chi connectivity index (χ4v) is 4.35. The summed E-state index contributed by atoms with van der Waals surface area (Å²) in [6.07, 6.45) is 4.33. The Kier molecular flexibility index (Phi) is 12.3. The van der Waals surface area contributed by atoms with E-state index in [1.807, 2.05) is 56.3 Å². The molecule has 3 aromatic rings. The summed E-state index contributed by atoms with van der Waals surface area (Å²) in [5, 5.41) is 6.53. The standard InChI is InChI=1S/C32H39N3O6/c1-4-6-8-13-26(19-35(22-36)40-20-24-11-9-7-10-12-24)31(38)33-21-34-32(39)30-17-16-29(41-30)25-15-14-23(3)27(18-25)28(37)5-2/h7,9-12,14-18,22,26H,4-6,8,13,19-21H2,1-3H3,(H,33,38)(H,34,39)/t26-/m1/s1. The summed E-state index contributed by atoms with van der Waals surface area (Å²) in [5.74, 6) is -0.696. The Hall–Kier alpha value is -4.24. The van der Waals surface area contributed by atoms with E-state index in [9.17, 15) is 19.2 Å². The average molecular weight is 562 g/mol. The first kappa shape index (κ1) is 31.3. The van der Waals surface area contributed by atoms with E-state index in [4.69, 9.17) is 9.25 Å². The van der Waals surface area contributed by atoms with E-state index in [1.165, 1.54) is 0 Å². The monoisotopic (exact) mass is 561 g/mol. The quantitative estimate of drug-likeness (QED) is 0.0745. The number of carbonyl (C=O) groups is 4. The van der Waals surface area contributed by atoms with E-state index in [0.29, 0.717) is 36.1 Å². The number of aryl methyl sites for hydroxylation is 1. The van der Waals surface area contributed by atoms with Crippen molar-refractivity contribution in [2.75, 3.05) is 13.2 Å². The van der Waals surface area contributed by atoms with Crippen molar-refractivity contribution in [2.45, 2.75) is 59.5 Å². The number of unbranched alkanes of at least 4 members (excludes halogenated alkanes) is 2. The van der Waals surface area contributed by atoms with Crippen molar-refractivity contribution in [3.8, 4) is 11.3 Å². The van der Waals surface area contributed by atoms with Crippen LogP contribution < -0.4 is 10.6 Å². The van der Waals surface area contributed by atoms with Crippen LogP contribution >= 0.6 is 0 Å². The second-order valence-corrected chi connectivity index (χ2v) is 9.85. The summed E-state index contributed by atoms with van der Waals surface area (Å²) in [6, 6.07) is 18.1. The number of benzene rings is 2. The summed E-state index contributed by atoms with van der Waals surface area (Å²) in [5.41, 5.74) is 3.12. The van der Waals surface area contributed by atoms with Gasteiger partial charge in [-0.25, -0.2) is 5.06 Å². The zero-order chi connectivity index (χ0) is 29.6. The lowest BCUT2D eigenvalue weighted by Gasteiger charge is -2.23. The van der Waals surface area contributed by atoms with Crippen LogP contribution in [0.1, 0.15) is 78.0 Å². The van der Waals surface area contributed by atoms with Crippen LogP contribution in [0.5, 0.6) is 0 Å². The van der Waals surface area contributed by atoms with Crippen molar-refractivity contribution < 1.29 is 28.4 Å². The van der Waals surface area contributed by atoms with Crippen molar-refractivity contribution in [1.29, 1.82) is 0 Å². The first-order chi connectivity index (χ1) is 19.9. The Balaban J connectivity index is 1.55. The number of ketones is 1. The van der Waals surface area contributed by atoms with E-state index in [-0.39, 0.29) is 37.3 Å². The number of nitrogens with zero attached hydrogens (tertiary/aromatic N) is 1. The summed E-state index contributed by atoms with van der Waals surface area (Å²) >= 11 is 0. The summed E-state index contributed by atoms with van der Waals surface area (Å²) < 4.78 is 5.74. The molecule has 0 spiro atoms. The zero-order valence-corrected chi connectivity index (χ0v) is 24.0. The third-order valence-corrected chi connectivity index (χ3v) is 6.77. The molecule has 0 aliphatic heterocycles. The van der Waals surface area contributed by atoms with Crippen LogP contribution in [0.25, 0.3) is 11.3 Å². The third kappa shape index (κ3) is 9.42. The molecule has 0 saturated carbocycles. The number of Topliss-reactive ketones (excluding diaryl/α,β-unsaturated/α-hetero) is 1. The highest BCUT2D eigenvalue weighted by atomic mass is 16.7. The largest absolute Gasteiger partial charge is 0.451 e. The molecule has 41 heavy (non-hydrogen) atoms. The molecule has 0 bridgehead atoms. The van der Waals surface area contributed by atoms with Crippen LogP contribution in [0.15, 0.2) is 65.1 Å². The second kappa shape index (κ2) is 16.1. The van der Waals surface area contributed by atoms with Gasteiger partial charge in [0.05, 0.1) is 19.1 Å². The molecule has 1 atom stereocenters. The van der Waals surface area contributed by atoms with Gasteiger partial charge >= 0.3 is 0 Å². The zero-order valence-electron chi connectivity index (χ0n) is 24.0. The summed E-state index contributed by atoms with van der Waals surface area (Å²) in [7, 11) is 0. The highest BCUT2D eigenvalue weighted by molar-refractivity contribution is 5.98. The number of nitrogens with one attached hydrogen (secondary N) is 2. The van der Waals surface area contributed by atoms with Crippen LogP contribution in [0, 0.1) is 12.8 Å². The van der Waals surface area contributed by atoms with Crippen molar-refractivity contribution in [3.05, 3.63) is 83.1 Å². The summed E-state index contributed by atoms with van der Waals surface area (Å²) in [6.45, 7) is 5.97. The fraction of sp³-hybridized carbons (Fsp3) is 0.375. The van der Waals surface area contributed by atoms with Gasteiger partial charge in [0.25, 0.3) is 5.91 Å². The third-order valence-electron chi connectivity index (χ3n) is 6.77. The molecule has 0 saturated heterocycles. The molecule has 9 nitrogen and oxygen atoms in total. The topological polar surface area (TPSA) is 118 Å². The highest BCUT2D eigenvalue weighted by Crippen LogP contribution is 2.25. The Morgan fingerprint density at radius 2 is 1.78 bits per heavy atom. The molecule has 3 amide bonds. The minimum absolute atomic E-state index is 0.0385. The van der Waals surface area contributed by atoms with Crippen LogP contribution in [0.4, 0.5) is 0 Å². The van der Waals surface area contributed by atoms with Gasteiger partial charge in [-0.15, -0.1) is 0 Å². The second-order valence-electron chi connectivity index (χ2n) is 9.85. The Morgan fingerprint density at radius 3 is 2.49 bits per heavy atom. The number of hydroxylamine groups is 2. The van der Waals surface area contributed by atoms with Crippen molar-refractivity contribution in [2.24, 2.45) is 5.92 Å². The average Bonchev–Trinajstić information content (AvgIpc) is 3.49. The van der Waals surface area contributed by atoms with Gasteiger partial charge in [-0.1, -0.05) is 75.6 Å². The van der Waals surface area contributed by atoms with Crippen molar-refractivity contribution >= 4 is 24.0 Å². The fourth-order valence-electron chi connectivity index (χ4n) is 4.35. The van der Waals surface area contributed by atoms with Gasteiger partial charge in [-0.2, -0.15) is 0 Å². The predicted molar refractivity (Wildman–Crippen MR) is 156 cm³/mol. The van der Waals surface area contributed by atoms with Gasteiger partial charge in [0.2, 0.25) is 12.3 Å². The lowest BCUT2D eigenvalue weighted by Crippen LogP contribution is -2.43. The molecule has 1 aromatic heterocycles. The molecular weight excluding hydrogens is 522 g/mol. The Labute approximate surface area is 241 Å². The number of amides is 3. The van der Waals surface area contributed by atoms with Crippen molar-refractivity contribution in [3.63, 3.8) is 0 Å². The number of hydrogen-bond acceptors (Lipinski definition) is 6. The molecule has 0 fully saturated rings. The lowest BCUT2D eigenvalue weighted by atomic mass is 9.99. The summed E-state index contributed by atoms with van der Waals surface area (Å²) in [4.78, 5) is 55.2. The maximum atomic E-state index is 13.0. The van der Waals surface area contributed by atoms with Gasteiger partial charge in [0.15, 0.2) is 11.5 Å².